The largest absolute Gasteiger partial charge is 0.481 e. The second kappa shape index (κ2) is 40.5. The van der Waals surface area contributed by atoms with Crippen molar-refractivity contribution in [2.75, 3.05) is 41.8 Å². The number of carbonyl (C=O) groups is 5. The number of nitrogens with one attached hydrogen (secondary N) is 2. The van der Waals surface area contributed by atoms with Crippen molar-refractivity contribution in [1.29, 1.82) is 10.8 Å². The molecule has 26 nitrogen and oxygen atoms in total. The van der Waals surface area contributed by atoms with Gasteiger partial charge in [-0.1, -0.05) is 79.8 Å². The number of nitrogens with zero attached hydrogens (tertiary/aromatic N) is 15. The Morgan fingerprint density at radius 3 is 1.48 bits per heavy atom. The molecule has 127 heavy (non-hydrogen) atoms. The molecule has 30 heteroatoms. The van der Waals surface area contributed by atoms with Crippen molar-refractivity contribution in [3.05, 3.63) is 221 Å². The Balaban J connectivity index is 0.000000154. The molecular formula is C97H96Br2N20O6S2. The number of pyridine rings is 3. The number of amides is 5. The Bertz CT molecular complexity index is 6250. The standard InChI is InChI=1S/C21H22N4O2.2C20H20N4O.2C18H17BrN4OS/c1-4-5-11-27-17-8-6-7-15(12-17)18-13-16(9-10-23-18)21(2)14-19(26)25(3)20(22)24-21;1-4-6-14-7-5-8-15(9-14)16-10-17(13-22-12-16)20(2)11-18(25)24(3)19(21)23-20;1-4-6-14-7-5-8-15(11-14)16-9-10-22-17(12-16)20(2)13-18(25)24(3)19(21)23-20;1-4-5-13-17(19)12(9-21-22-13)11-6-14(25-10-11)18(2)7-15(20)23(3)16(24)8-18;1-4-5-12-13(9-21-22-17(12)19)11-6-14(25-10-11)18(2)7-15(20)23(3)16(24)8-18/h6-10,12-13H,11,14H2,1-3H3,(H2,22,24);5,7-10,12-13H,11H2,1-3H3,(H2,21,23);5,7-12H,13H2,1-3H3,(H2,21,23);2*6,9-10,20H,7-8H2,1-3H3/t21-;2*20-;2*18-/m00000/s1. The summed E-state index contributed by atoms with van der Waals surface area (Å²) in [5.74, 6) is 31.3. The quantitative estimate of drug-likeness (QED) is 0.0709. The van der Waals surface area contributed by atoms with E-state index in [0.717, 1.165) is 109 Å². The highest BCUT2D eigenvalue weighted by molar-refractivity contribution is 9.10. The summed E-state index contributed by atoms with van der Waals surface area (Å²) >= 11 is 10.2. The first-order valence-corrected chi connectivity index (χ1v) is 43.5. The topological polar surface area (TPSA) is 364 Å². The molecule has 0 saturated carbocycles. The van der Waals surface area contributed by atoms with Crippen LogP contribution in [-0.4, -0.2) is 161 Å². The number of piperidine rings is 2. The maximum absolute atomic E-state index is 12.2. The number of hydrogen-bond donors (Lipinski definition) is 5. The molecular weight excluding hydrogens is 1770 g/mol. The first kappa shape index (κ1) is 94.0. The average molecular weight is 1860 g/mol. The molecule has 0 aliphatic carbocycles. The SMILES string of the molecule is CC#CCOc1cccc(-c2cc([C@]3(C)CC(=O)N(C)C(N)=N3)ccn2)c1.CC#Cc1c(-c2csc([C@@]3(C)CC(=N)N(C)C(=O)C3)c2)cnnc1Br.CC#Cc1cccc(-c2ccnc([C@]3(C)CC(=O)N(C)C(N)=N3)c2)c1.CC#Cc1cccc(-c2cncc([C@]3(C)CC(=O)N(C)C(N)=N3)c2)c1.CC#Cc1nncc(-c2csc([C@@]3(C)CC(=N)N(C)C(=O)C3)c2)c1Br. The number of benzene rings is 3. The third-order valence-electron chi connectivity index (χ3n) is 22.2. The van der Waals surface area contributed by atoms with Gasteiger partial charge in [-0.2, -0.15) is 10.2 Å². The third kappa shape index (κ3) is 22.0. The van der Waals surface area contributed by atoms with Crippen LogP contribution in [0.4, 0.5) is 0 Å². The fraction of sp³-hybridized carbons (Fsp3) is 0.289. The van der Waals surface area contributed by atoms with E-state index in [0.29, 0.717) is 54.3 Å². The zero-order valence-electron chi connectivity index (χ0n) is 73.2. The highest BCUT2D eigenvalue weighted by atomic mass is 79.9. The summed E-state index contributed by atoms with van der Waals surface area (Å²) in [6.07, 6.45) is 13.1. The van der Waals surface area contributed by atoms with Crippen LogP contribution in [0.3, 0.4) is 0 Å². The molecule has 0 unspecified atom stereocenters. The molecule has 0 spiro atoms. The number of ether oxygens (including phenoxy) is 1. The van der Waals surface area contributed by atoms with Crippen molar-refractivity contribution in [2.24, 2.45) is 32.2 Å². The summed E-state index contributed by atoms with van der Waals surface area (Å²) in [4.78, 5) is 97.1. The summed E-state index contributed by atoms with van der Waals surface area (Å²) < 4.78 is 7.06. The molecule has 7 aromatic heterocycles. The lowest BCUT2D eigenvalue weighted by atomic mass is 9.78. The van der Waals surface area contributed by atoms with Gasteiger partial charge in [0, 0.05) is 140 Å². The van der Waals surface area contributed by atoms with E-state index >= 15 is 0 Å². The van der Waals surface area contributed by atoms with Crippen LogP contribution in [0.5, 0.6) is 5.75 Å². The molecule has 5 aliphatic rings. The Hall–Kier alpha value is -13.7. The summed E-state index contributed by atoms with van der Waals surface area (Å²) in [5.41, 5.74) is 30.2. The van der Waals surface area contributed by atoms with Gasteiger partial charge in [0.1, 0.15) is 34.2 Å². The number of thiophene rings is 2. The summed E-state index contributed by atoms with van der Waals surface area (Å²) in [5, 5.41) is 36.4. The Morgan fingerprint density at radius 1 is 0.457 bits per heavy atom. The minimum absolute atomic E-state index is 0.0130. The summed E-state index contributed by atoms with van der Waals surface area (Å²) in [6.45, 7) is 19.1. The van der Waals surface area contributed by atoms with E-state index in [4.69, 9.17) is 32.8 Å². The van der Waals surface area contributed by atoms with Crippen LogP contribution in [-0.2, 0) is 51.4 Å². The highest BCUT2D eigenvalue weighted by Gasteiger charge is 2.43. The van der Waals surface area contributed by atoms with Gasteiger partial charge in [-0.25, -0.2) is 15.0 Å². The van der Waals surface area contributed by atoms with Crippen LogP contribution in [0.1, 0.15) is 163 Å². The van der Waals surface area contributed by atoms with Gasteiger partial charge in [0.05, 0.1) is 64.2 Å². The number of aromatic nitrogens is 7. The smallest absolute Gasteiger partial charge is 0.231 e. The monoisotopic (exact) mass is 1860 g/mol. The van der Waals surface area contributed by atoms with Crippen molar-refractivity contribution >= 4 is 114 Å². The van der Waals surface area contributed by atoms with Crippen molar-refractivity contribution < 1.29 is 28.7 Å². The highest BCUT2D eigenvalue weighted by Crippen LogP contribution is 2.46. The van der Waals surface area contributed by atoms with Crippen molar-refractivity contribution in [1.82, 2.24) is 59.8 Å². The molecule has 0 radical (unpaired) electrons. The fourth-order valence-electron chi connectivity index (χ4n) is 14.5. The maximum atomic E-state index is 12.2. The number of nitrogens with two attached hydrogens (primary N) is 3. The minimum Gasteiger partial charge on any atom is -0.481 e. The van der Waals surface area contributed by atoms with Gasteiger partial charge in [0.2, 0.25) is 29.5 Å². The molecule has 0 bridgehead atoms. The number of aliphatic imine (C=N–C) groups is 3. The zero-order valence-corrected chi connectivity index (χ0v) is 78.0. The first-order chi connectivity index (χ1) is 60.5. The summed E-state index contributed by atoms with van der Waals surface area (Å²) in [6, 6.07) is 37.6. The molecule has 8 N–H and O–H groups in total. The molecule has 10 aromatic rings. The van der Waals surface area contributed by atoms with Gasteiger partial charge < -0.3 is 31.7 Å². The van der Waals surface area contributed by atoms with E-state index in [-0.39, 0.29) is 77.5 Å². The molecule has 2 fully saturated rings. The van der Waals surface area contributed by atoms with Gasteiger partial charge >= 0.3 is 0 Å². The van der Waals surface area contributed by atoms with Gasteiger partial charge in [-0.3, -0.25) is 64.4 Å². The van der Waals surface area contributed by atoms with Crippen molar-refractivity contribution in [3.63, 3.8) is 0 Å². The van der Waals surface area contributed by atoms with Gasteiger partial charge in [0.15, 0.2) is 23.6 Å². The lowest BCUT2D eigenvalue weighted by Gasteiger charge is -2.36. The van der Waals surface area contributed by atoms with Crippen LogP contribution < -0.4 is 21.9 Å². The van der Waals surface area contributed by atoms with E-state index in [1.54, 1.807) is 116 Å². The molecule has 15 rings (SSSR count). The molecule has 5 amide bonds. The van der Waals surface area contributed by atoms with Crippen LogP contribution in [0.15, 0.2) is 187 Å². The molecule has 3 aromatic carbocycles. The van der Waals surface area contributed by atoms with Crippen LogP contribution in [0.25, 0.3) is 55.8 Å². The van der Waals surface area contributed by atoms with E-state index in [2.05, 4.69) is 178 Å². The molecule has 12 heterocycles. The normalized spacial score (nSPS) is 19.9. The maximum Gasteiger partial charge on any atom is 0.231 e. The number of likely N-dealkylation sites (tertiary alicyclic amines) is 2. The number of guanidine groups is 3. The Kier molecular flexibility index (Phi) is 30.0. The number of rotatable bonds is 12. The van der Waals surface area contributed by atoms with Crippen LogP contribution in [0.2, 0.25) is 0 Å². The van der Waals surface area contributed by atoms with Crippen molar-refractivity contribution in [2.45, 2.75) is 142 Å². The minimum atomic E-state index is -0.759. The van der Waals surface area contributed by atoms with E-state index in [1.807, 2.05) is 138 Å². The van der Waals surface area contributed by atoms with Crippen molar-refractivity contribution in [3.8, 4) is 121 Å². The average Bonchev–Trinajstić information content (AvgIpc) is 1.77. The zero-order chi connectivity index (χ0) is 91.9. The molecule has 646 valence electrons. The predicted octanol–water partition coefficient (Wildman–Crippen LogP) is 15.2. The molecule has 2 saturated heterocycles. The molecule has 5 atom stereocenters. The van der Waals surface area contributed by atoms with Gasteiger partial charge in [0.25, 0.3) is 0 Å². The van der Waals surface area contributed by atoms with E-state index < -0.39 is 16.6 Å². The van der Waals surface area contributed by atoms with Crippen LogP contribution in [0, 0.1) is 70.0 Å². The number of carbonyl (C=O) groups excluding carboxylic acids is 5. The predicted molar refractivity (Wildman–Crippen MR) is 508 cm³/mol. The Labute approximate surface area is 765 Å². The lowest BCUT2D eigenvalue weighted by molar-refractivity contribution is -0.129. The fourth-order valence-corrected chi connectivity index (χ4v) is 17.6. The van der Waals surface area contributed by atoms with E-state index in [1.165, 1.54) is 24.5 Å². The van der Waals surface area contributed by atoms with Gasteiger partial charge in [-0.15, -0.1) is 56.6 Å². The van der Waals surface area contributed by atoms with Gasteiger partial charge in [-0.05, 0) is 222 Å². The molecule has 5 aliphatic heterocycles. The second-order valence-electron chi connectivity index (χ2n) is 31.7. The summed E-state index contributed by atoms with van der Waals surface area (Å²) in [7, 11) is 8.23. The van der Waals surface area contributed by atoms with E-state index in [9.17, 15) is 24.0 Å². The van der Waals surface area contributed by atoms with Crippen LogP contribution >= 0.6 is 54.5 Å². The number of amidine groups is 2. The lowest BCUT2D eigenvalue weighted by Crippen LogP contribution is -2.47. The number of hydrogen-bond acceptors (Lipinski definition) is 23. The first-order valence-electron chi connectivity index (χ1n) is 40.2. The Morgan fingerprint density at radius 2 is 0.937 bits per heavy atom. The number of halogens is 2. The second-order valence-corrected chi connectivity index (χ2v) is 35.1. The third-order valence-corrected chi connectivity index (χ3v) is 26.0.